The van der Waals surface area contributed by atoms with Crippen molar-refractivity contribution in [1.29, 1.82) is 0 Å². The van der Waals surface area contributed by atoms with Gasteiger partial charge in [-0.2, -0.15) is 0 Å². The molecule has 2 heterocycles. The number of hydrogen-bond donors (Lipinski definition) is 1. The van der Waals surface area contributed by atoms with Crippen molar-refractivity contribution in [2.24, 2.45) is 17.3 Å². The van der Waals surface area contributed by atoms with E-state index in [1.807, 2.05) is 0 Å². The van der Waals surface area contributed by atoms with Gasteiger partial charge in [0.05, 0.1) is 0 Å². The van der Waals surface area contributed by atoms with Gasteiger partial charge in [-0.1, -0.05) is 20.8 Å². The van der Waals surface area contributed by atoms with Crippen molar-refractivity contribution in [1.82, 2.24) is 0 Å². The molecule has 4 rings (SSSR count). The van der Waals surface area contributed by atoms with Crippen molar-refractivity contribution in [2.75, 3.05) is 0 Å². The molecule has 5 atom stereocenters. The van der Waals surface area contributed by atoms with Crippen LogP contribution in [0.5, 0.6) is 0 Å². The van der Waals surface area contributed by atoms with Gasteiger partial charge in [0.25, 0.3) is 0 Å². The monoisotopic (exact) mass is 282 g/mol. The first-order chi connectivity index (χ1) is 9.48. The molecule has 2 aliphatic carbocycles. The summed E-state index contributed by atoms with van der Waals surface area (Å²) in [5.41, 5.74) is -0.393. The topological polar surface area (TPSA) is 65.0 Å². The second-order valence-corrected chi connectivity index (χ2v) is 6.93. The molecule has 2 aliphatic heterocycles. The molecule has 1 saturated heterocycles. The zero-order valence-electron chi connectivity index (χ0n) is 12.2. The Morgan fingerprint density at radius 2 is 2.30 bits per heavy atom. The van der Waals surface area contributed by atoms with E-state index in [0.29, 0.717) is 11.5 Å². The molecule has 20 heavy (non-hydrogen) atoms. The van der Waals surface area contributed by atoms with Gasteiger partial charge in [0, 0.05) is 11.0 Å². The quantitative estimate of drug-likeness (QED) is 0.489. The first-order valence-corrected chi connectivity index (χ1v) is 7.30. The highest BCUT2D eigenvalue weighted by atomic mass is 17.2. The maximum Gasteiger partial charge on any atom is 0.148 e. The van der Waals surface area contributed by atoms with Crippen LogP contribution in [0.2, 0.25) is 0 Å². The summed E-state index contributed by atoms with van der Waals surface area (Å²) in [6.45, 7) is 6.44. The van der Waals surface area contributed by atoms with Gasteiger partial charge in [-0.05, 0) is 37.2 Å². The average Bonchev–Trinajstić information content (AvgIpc) is 2.58. The van der Waals surface area contributed by atoms with Crippen molar-refractivity contribution in [3.63, 3.8) is 0 Å². The van der Waals surface area contributed by atoms with E-state index in [4.69, 9.17) is 14.7 Å². The highest BCUT2D eigenvalue weighted by Crippen LogP contribution is 2.63. The molecule has 1 saturated carbocycles. The predicted molar refractivity (Wildman–Crippen MR) is 70.6 cm³/mol. The lowest BCUT2D eigenvalue weighted by Crippen LogP contribution is -2.61. The Balaban J connectivity index is 2.14. The van der Waals surface area contributed by atoms with Crippen molar-refractivity contribution in [3.05, 3.63) is 11.6 Å². The molecule has 1 N–H and O–H groups in total. The van der Waals surface area contributed by atoms with Gasteiger partial charge in [-0.25, -0.2) is 14.7 Å². The van der Waals surface area contributed by atoms with Crippen LogP contribution in [0.1, 0.15) is 40.0 Å². The molecule has 0 radical (unpaired) electrons. The molecule has 0 amide bonds. The number of carbonyl (C=O) groups excluding carboxylic acids is 1. The molecule has 112 valence electrons. The maximum atomic E-state index is 11.3. The minimum atomic E-state index is -0.725. The molecule has 5 heteroatoms. The third-order valence-corrected chi connectivity index (χ3v) is 5.63. The summed E-state index contributed by atoms with van der Waals surface area (Å²) in [6, 6.07) is 0. The predicted octanol–water partition coefficient (Wildman–Crippen LogP) is 2.52. The van der Waals surface area contributed by atoms with E-state index < -0.39 is 11.7 Å². The Bertz CT molecular complexity index is 446. The zero-order valence-corrected chi connectivity index (χ0v) is 12.2. The molecule has 0 aromatic carbocycles. The lowest BCUT2D eigenvalue weighted by molar-refractivity contribution is -0.464. The number of hydrogen-bond acceptors (Lipinski definition) is 5. The van der Waals surface area contributed by atoms with Gasteiger partial charge in [0.15, 0.2) is 0 Å². The fourth-order valence-corrected chi connectivity index (χ4v) is 4.57. The van der Waals surface area contributed by atoms with Gasteiger partial charge in [-0.3, -0.25) is 10.1 Å². The van der Waals surface area contributed by atoms with Gasteiger partial charge in [-0.15, -0.1) is 0 Å². The molecular formula is C15H22O5. The number of fused-ring (bicyclic) bond motifs is 2. The third-order valence-electron chi connectivity index (χ3n) is 5.63. The van der Waals surface area contributed by atoms with Crippen molar-refractivity contribution < 1.29 is 24.7 Å². The van der Waals surface area contributed by atoms with Crippen LogP contribution in [-0.4, -0.2) is 29.4 Å². The first-order valence-electron chi connectivity index (χ1n) is 7.30. The van der Waals surface area contributed by atoms with Crippen LogP contribution in [-0.2, 0) is 19.5 Å². The Kier molecular flexibility index (Phi) is 3.29. The summed E-state index contributed by atoms with van der Waals surface area (Å²) < 4.78 is 0. The first kappa shape index (κ1) is 14.2. The van der Waals surface area contributed by atoms with E-state index in [1.165, 1.54) is 0 Å². The summed E-state index contributed by atoms with van der Waals surface area (Å²) in [6.07, 6.45) is 4.13. The lowest BCUT2D eigenvalue weighted by atomic mass is 9.65. The molecule has 4 aliphatic rings. The SMILES string of the molecule is CC(C)C1CCC2(C)CC3OOC12C(OO)C=C3C=O. The molecule has 2 fully saturated rings. The van der Waals surface area contributed by atoms with Crippen molar-refractivity contribution in [2.45, 2.75) is 57.8 Å². The molecule has 5 unspecified atom stereocenters. The van der Waals surface area contributed by atoms with Crippen LogP contribution in [0.3, 0.4) is 0 Å². The molecular weight excluding hydrogens is 260 g/mol. The maximum absolute atomic E-state index is 11.3. The van der Waals surface area contributed by atoms with Gasteiger partial charge in [0.1, 0.15) is 24.1 Å². The second-order valence-electron chi connectivity index (χ2n) is 6.93. The highest BCUT2D eigenvalue weighted by molar-refractivity contribution is 5.75. The average molecular weight is 282 g/mol. The fraction of sp³-hybridized carbons (Fsp3) is 0.800. The molecule has 5 nitrogen and oxygen atoms in total. The minimum absolute atomic E-state index is 0.167. The third kappa shape index (κ3) is 1.61. The van der Waals surface area contributed by atoms with Crippen molar-refractivity contribution >= 4 is 6.29 Å². The van der Waals surface area contributed by atoms with Crippen LogP contribution in [0.25, 0.3) is 0 Å². The van der Waals surface area contributed by atoms with E-state index in [1.54, 1.807) is 6.08 Å². The van der Waals surface area contributed by atoms with E-state index in [-0.39, 0.29) is 17.4 Å². The summed E-state index contributed by atoms with van der Waals surface area (Å²) >= 11 is 0. The Morgan fingerprint density at radius 3 is 2.90 bits per heavy atom. The zero-order chi connectivity index (χ0) is 14.5. The van der Waals surface area contributed by atoms with Crippen LogP contribution in [0, 0.1) is 17.3 Å². The Morgan fingerprint density at radius 1 is 1.55 bits per heavy atom. The van der Waals surface area contributed by atoms with E-state index >= 15 is 0 Å². The summed E-state index contributed by atoms with van der Waals surface area (Å²) in [5, 5.41) is 9.41. The largest absolute Gasteiger partial charge is 0.298 e. The van der Waals surface area contributed by atoms with Crippen LogP contribution in [0.4, 0.5) is 0 Å². The van der Waals surface area contributed by atoms with E-state index in [9.17, 15) is 10.1 Å². The highest BCUT2D eigenvalue weighted by Gasteiger charge is 2.68. The van der Waals surface area contributed by atoms with E-state index in [2.05, 4.69) is 20.8 Å². The van der Waals surface area contributed by atoms with E-state index in [0.717, 1.165) is 25.5 Å². The summed E-state index contributed by atoms with van der Waals surface area (Å²) in [4.78, 5) is 27.3. The van der Waals surface area contributed by atoms with Crippen molar-refractivity contribution in [3.8, 4) is 0 Å². The standard InChI is InChI=1S/C15H22O5/c1-9(2)11-4-5-14(3)7-12-10(8-16)6-13(18-17)15(11,14)20-19-12/h6,8-9,11-13,17H,4-5,7H2,1-3H3. The molecule has 0 aromatic heterocycles. The lowest BCUT2D eigenvalue weighted by Gasteiger charge is -2.51. The Labute approximate surface area is 118 Å². The summed E-state index contributed by atoms with van der Waals surface area (Å²) in [7, 11) is 0. The number of aldehydes is 1. The number of carbonyl (C=O) groups is 1. The minimum Gasteiger partial charge on any atom is -0.298 e. The molecule has 0 aromatic rings. The molecule has 1 spiro atoms. The smallest absolute Gasteiger partial charge is 0.148 e. The van der Waals surface area contributed by atoms with Gasteiger partial charge >= 0.3 is 0 Å². The second kappa shape index (κ2) is 4.63. The van der Waals surface area contributed by atoms with Crippen LogP contribution < -0.4 is 0 Å². The Hall–Kier alpha value is -0.750. The van der Waals surface area contributed by atoms with Gasteiger partial charge < -0.3 is 0 Å². The van der Waals surface area contributed by atoms with Gasteiger partial charge in [0.2, 0.25) is 0 Å². The molecule has 2 bridgehead atoms. The van der Waals surface area contributed by atoms with Crippen LogP contribution >= 0.6 is 0 Å². The van der Waals surface area contributed by atoms with Crippen LogP contribution in [0.15, 0.2) is 11.6 Å². The fourth-order valence-electron chi connectivity index (χ4n) is 4.57. The summed E-state index contributed by atoms with van der Waals surface area (Å²) in [5.74, 6) is 0.591. The normalized spacial score (nSPS) is 47.0. The number of rotatable bonds is 3.